The quantitative estimate of drug-likeness (QED) is 0.820. The van der Waals surface area contributed by atoms with Gasteiger partial charge in [-0.1, -0.05) is 30.3 Å². The molecule has 0 aliphatic rings. The third-order valence-corrected chi connectivity index (χ3v) is 2.82. The molecule has 19 heavy (non-hydrogen) atoms. The summed E-state index contributed by atoms with van der Waals surface area (Å²) < 4.78 is 0. The van der Waals surface area contributed by atoms with Crippen LogP contribution in [0.2, 0.25) is 0 Å². The lowest BCUT2D eigenvalue weighted by Crippen LogP contribution is -2.32. The van der Waals surface area contributed by atoms with Crippen molar-refractivity contribution in [1.82, 2.24) is 20.4 Å². The zero-order chi connectivity index (χ0) is 13.5. The number of aromatic nitrogens is 2. The summed E-state index contributed by atoms with van der Waals surface area (Å²) in [6.45, 7) is 2.29. The Hall–Kier alpha value is -2.14. The summed E-state index contributed by atoms with van der Waals surface area (Å²) in [6.07, 6.45) is 1.57. The second-order valence-electron chi connectivity index (χ2n) is 4.45. The van der Waals surface area contributed by atoms with Crippen LogP contribution in [0.3, 0.4) is 0 Å². The number of nitrogens with zero attached hydrogens (tertiary/aromatic N) is 2. The maximum Gasteiger partial charge on any atom is 0.269 e. The minimum absolute atomic E-state index is 0.120. The molecule has 1 heterocycles. The molecule has 5 heteroatoms. The molecule has 2 rings (SSSR count). The van der Waals surface area contributed by atoms with Crippen LogP contribution in [0.1, 0.15) is 16.1 Å². The van der Waals surface area contributed by atoms with Gasteiger partial charge in [0.15, 0.2) is 0 Å². The predicted molar refractivity (Wildman–Crippen MR) is 73.7 cm³/mol. The summed E-state index contributed by atoms with van der Waals surface area (Å²) in [4.78, 5) is 13.8. The van der Waals surface area contributed by atoms with E-state index in [2.05, 4.69) is 32.5 Å². The summed E-state index contributed by atoms with van der Waals surface area (Å²) in [5, 5.41) is 9.24. The van der Waals surface area contributed by atoms with Crippen molar-refractivity contribution >= 4 is 5.91 Å². The van der Waals surface area contributed by atoms with Crippen molar-refractivity contribution in [3.8, 4) is 0 Å². The number of carbonyl (C=O) groups is 1. The Morgan fingerprint density at radius 1 is 1.32 bits per heavy atom. The fourth-order valence-corrected chi connectivity index (χ4v) is 1.81. The van der Waals surface area contributed by atoms with E-state index < -0.39 is 0 Å². The molecule has 1 aromatic heterocycles. The van der Waals surface area contributed by atoms with E-state index in [4.69, 9.17) is 0 Å². The maximum absolute atomic E-state index is 11.6. The summed E-state index contributed by atoms with van der Waals surface area (Å²) in [5.74, 6) is -0.120. The van der Waals surface area contributed by atoms with Gasteiger partial charge in [0.1, 0.15) is 5.69 Å². The van der Waals surface area contributed by atoms with Crippen LogP contribution in [0.5, 0.6) is 0 Å². The average molecular weight is 258 g/mol. The van der Waals surface area contributed by atoms with Gasteiger partial charge in [-0.15, -0.1) is 0 Å². The number of aromatic amines is 1. The molecule has 0 radical (unpaired) electrons. The standard InChI is InChI=1S/C14H18N4O/c1-18(11-12-5-3-2-4-6-12)10-9-15-14(19)13-7-8-16-17-13/h2-8H,9-11H2,1H3,(H,15,19)(H,16,17). The molecule has 1 aromatic carbocycles. The number of carbonyl (C=O) groups excluding carboxylic acids is 1. The highest BCUT2D eigenvalue weighted by molar-refractivity contribution is 5.92. The first kappa shape index (κ1) is 13.3. The lowest BCUT2D eigenvalue weighted by molar-refractivity contribution is 0.0944. The van der Waals surface area contributed by atoms with Gasteiger partial charge in [-0.05, 0) is 18.7 Å². The number of H-pyrrole nitrogens is 1. The molecule has 0 spiro atoms. The molecule has 2 aromatic rings. The Labute approximate surface area is 112 Å². The fourth-order valence-electron chi connectivity index (χ4n) is 1.81. The number of hydrogen-bond acceptors (Lipinski definition) is 3. The van der Waals surface area contributed by atoms with Gasteiger partial charge in [-0.25, -0.2) is 0 Å². The maximum atomic E-state index is 11.6. The second kappa shape index (κ2) is 6.70. The predicted octanol–water partition coefficient (Wildman–Crippen LogP) is 1.27. The summed E-state index contributed by atoms with van der Waals surface area (Å²) in [7, 11) is 2.04. The zero-order valence-corrected chi connectivity index (χ0v) is 11.0. The molecule has 0 bridgehead atoms. The van der Waals surface area contributed by atoms with Crippen LogP contribution in [-0.4, -0.2) is 41.1 Å². The van der Waals surface area contributed by atoms with Gasteiger partial charge < -0.3 is 10.2 Å². The third kappa shape index (κ3) is 4.22. The van der Waals surface area contributed by atoms with Crippen LogP contribution >= 0.6 is 0 Å². The van der Waals surface area contributed by atoms with Gasteiger partial charge in [0.2, 0.25) is 0 Å². The molecule has 2 N–H and O–H groups in total. The highest BCUT2D eigenvalue weighted by Crippen LogP contribution is 2.01. The molecule has 0 saturated carbocycles. The molecule has 100 valence electrons. The van der Waals surface area contributed by atoms with Crippen molar-refractivity contribution in [2.75, 3.05) is 20.1 Å². The van der Waals surface area contributed by atoms with E-state index in [1.54, 1.807) is 12.3 Å². The van der Waals surface area contributed by atoms with Gasteiger partial charge in [0, 0.05) is 25.8 Å². The summed E-state index contributed by atoms with van der Waals surface area (Å²) >= 11 is 0. The highest BCUT2D eigenvalue weighted by atomic mass is 16.1. The van der Waals surface area contributed by atoms with Gasteiger partial charge in [-0.3, -0.25) is 9.89 Å². The SMILES string of the molecule is CN(CCNC(=O)c1ccn[nH]1)Cc1ccccc1. The lowest BCUT2D eigenvalue weighted by atomic mass is 10.2. The smallest absolute Gasteiger partial charge is 0.269 e. The fraction of sp³-hybridized carbons (Fsp3) is 0.286. The third-order valence-electron chi connectivity index (χ3n) is 2.82. The molecule has 0 unspecified atom stereocenters. The van der Waals surface area contributed by atoms with Crippen molar-refractivity contribution in [2.45, 2.75) is 6.54 Å². The van der Waals surface area contributed by atoms with Crippen LogP contribution in [0.4, 0.5) is 0 Å². The summed E-state index contributed by atoms with van der Waals surface area (Å²) in [5.41, 5.74) is 1.76. The first-order chi connectivity index (χ1) is 9.25. The number of likely N-dealkylation sites (N-methyl/N-ethyl adjacent to an activating group) is 1. The van der Waals surface area contributed by atoms with Gasteiger partial charge in [0.25, 0.3) is 5.91 Å². The molecule has 0 aliphatic heterocycles. The molecule has 0 aliphatic carbocycles. The zero-order valence-electron chi connectivity index (χ0n) is 11.0. The number of amides is 1. The minimum atomic E-state index is -0.120. The molecular formula is C14H18N4O. The first-order valence-electron chi connectivity index (χ1n) is 6.26. The van der Waals surface area contributed by atoms with Gasteiger partial charge in [-0.2, -0.15) is 5.10 Å². The Morgan fingerprint density at radius 3 is 2.79 bits per heavy atom. The molecule has 0 atom stereocenters. The van der Waals surface area contributed by atoms with E-state index in [0.717, 1.165) is 13.1 Å². The van der Waals surface area contributed by atoms with Crippen molar-refractivity contribution < 1.29 is 4.79 Å². The van der Waals surface area contributed by atoms with Crippen molar-refractivity contribution in [3.05, 3.63) is 53.9 Å². The highest BCUT2D eigenvalue weighted by Gasteiger charge is 2.06. The molecule has 0 saturated heterocycles. The average Bonchev–Trinajstić information content (AvgIpc) is 2.93. The summed E-state index contributed by atoms with van der Waals surface area (Å²) in [6, 6.07) is 11.9. The monoisotopic (exact) mass is 258 g/mol. The van der Waals surface area contributed by atoms with E-state index >= 15 is 0 Å². The van der Waals surface area contributed by atoms with Crippen molar-refractivity contribution in [3.63, 3.8) is 0 Å². The minimum Gasteiger partial charge on any atom is -0.349 e. The Morgan fingerprint density at radius 2 is 2.11 bits per heavy atom. The number of benzene rings is 1. The number of hydrogen-bond donors (Lipinski definition) is 2. The molecule has 1 amide bonds. The van der Waals surface area contributed by atoms with Gasteiger partial charge >= 0.3 is 0 Å². The number of rotatable bonds is 6. The van der Waals surface area contributed by atoms with E-state index in [1.807, 2.05) is 25.2 Å². The topological polar surface area (TPSA) is 61.0 Å². The second-order valence-corrected chi connectivity index (χ2v) is 4.45. The van der Waals surface area contributed by atoms with Crippen LogP contribution in [-0.2, 0) is 6.54 Å². The Bertz CT molecular complexity index is 495. The number of nitrogens with one attached hydrogen (secondary N) is 2. The van der Waals surface area contributed by atoms with E-state index in [0.29, 0.717) is 12.2 Å². The van der Waals surface area contributed by atoms with Crippen LogP contribution < -0.4 is 5.32 Å². The molecule has 5 nitrogen and oxygen atoms in total. The van der Waals surface area contributed by atoms with Gasteiger partial charge in [0.05, 0.1) is 0 Å². The van der Waals surface area contributed by atoms with Crippen LogP contribution in [0.15, 0.2) is 42.6 Å². The van der Waals surface area contributed by atoms with E-state index in [1.165, 1.54) is 5.56 Å². The van der Waals surface area contributed by atoms with Crippen molar-refractivity contribution in [1.29, 1.82) is 0 Å². The van der Waals surface area contributed by atoms with Crippen LogP contribution in [0, 0.1) is 0 Å². The lowest BCUT2D eigenvalue weighted by Gasteiger charge is -2.16. The normalized spacial score (nSPS) is 10.6. The molecular weight excluding hydrogens is 240 g/mol. The first-order valence-corrected chi connectivity index (χ1v) is 6.26. The molecule has 0 fully saturated rings. The Kier molecular flexibility index (Phi) is 4.69. The van der Waals surface area contributed by atoms with E-state index in [-0.39, 0.29) is 5.91 Å². The Balaban J connectivity index is 1.69. The van der Waals surface area contributed by atoms with Crippen molar-refractivity contribution in [2.24, 2.45) is 0 Å². The van der Waals surface area contributed by atoms with E-state index in [9.17, 15) is 4.79 Å². The largest absolute Gasteiger partial charge is 0.349 e. The van der Waals surface area contributed by atoms with Crippen LogP contribution in [0.25, 0.3) is 0 Å².